The maximum Gasteiger partial charge on any atom is 0.0830 e. The zero-order valence-corrected chi connectivity index (χ0v) is 22.7. The fraction of sp³-hybridized carbons (Fsp3) is 0.412. The molecule has 0 bridgehead atoms. The van der Waals surface area contributed by atoms with Crippen molar-refractivity contribution in [1.82, 2.24) is 0 Å². The zero-order valence-electron chi connectivity index (χ0n) is 22.7. The van der Waals surface area contributed by atoms with Crippen LogP contribution in [0.1, 0.15) is 99.6 Å². The molecule has 0 spiro atoms. The average molecular weight is 469 g/mol. The third kappa shape index (κ3) is 5.96. The minimum absolute atomic E-state index is 0.0298. The van der Waals surface area contributed by atoms with Gasteiger partial charge in [0.15, 0.2) is 0 Å². The molecule has 186 valence electrons. The molecule has 2 aromatic rings. The Morgan fingerprint density at radius 2 is 1.54 bits per heavy atom. The summed E-state index contributed by atoms with van der Waals surface area (Å²) in [6.07, 6.45) is 16.5. The molecule has 1 heteroatoms. The highest BCUT2D eigenvalue weighted by Crippen LogP contribution is 2.41. The highest BCUT2D eigenvalue weighted by molar-refractivity contribution is 5.77. The van der Waals surface area contributed by atoms with E-state index in [0.29, 0.717) is 0 Å². The van der Waals surface area contributed by atoms with E-state index in [9.17, 15) is 5.11 Å². The van der Waals surface area contributed by atoms with Crippen molar-refractivity contribution in [1.29, 1.82) is 0 Å². The van der Waals surface area contributed by atoms with E-state index in [4.69, 9.17) is 0 Å². The summed E-state index contributed by atoms with van der Waals surface area (Å²) >= 11 is 0. The van der Waals surface area contributed by atoms with E-state index in [1.807, 2.05) is 12.2 Å². The van der Waals surface area contributed by atoms with Crippen LogP contribution in [0.4, 0.5) is 0 Å². The second kappa shape index (κ2) is 11.4. The molecule has 1 fully saturated rings. The van der Waals surface area contributed by atoms with Crippen LogP contribution in [0, 0.1) is 13.8 Å². The molecule has 1 aliphatic carbocycles. The number of allylic oxidation sites excluding steroid dienone is 5. The predicted octanol–water partition coefficient (Wildman–Crippen LogP) is 9.26. The summed E-state index contributed by atoms with van der Waals surface area (Å²) in [6, 6.07) is 13.8. The predicted molar refractivity (Wildman–Crippen MR) is 154 cm³/mol. The van der Waals surface area contributed by atoms with Crippen molar-refractivity contribution in [2.24, 2.45) is 0 Å². The average Bonchev–Trinajstić information content (AvgIpc) is 3.27. The van der Waals surface area contributed by atoms with E-state index in [0.717, 1.165) is 44.1 Å². The highest BCUT2D eigenvalue weighted by Gasteiger charge is 2.32. The first kappa shape index (κ1) is 27.0. The molecule has 1 N–H and O–H groups in total. The Kier molecular flexibility index (Phi) is 8.78. The van der Waals surface area contributed by atoms with Crippen molar-refractivity contribution in [3.05, 3.63) is 106 Å². The van der Waals surface area contributed by atoms with Crippen molar-refractivity contribution >= 4 is 11.6 Å². The van der Waals surface area contributed by atoms with Crippen molar-refractivity contribution in [3.8, 4) is 0 Å². The summed E-state index contributed by atoms with van der Waals surface area (Å²) in [6.45, 7) is 17.3. The first-order valence-electron chi connectivity index (χ1n) is 13.3. The molecule has 0 saturated heterocycles. The highest BCUT2D eigenvalue weighted by atomic mass is 16.3. The third-order valence-electron chi connectivity index (χ3n) is 7.98. The molecule has 0 atom stereocenters. The molecule has 3 rings (SSSR count). The number of benzene rings is 2. The molecule has 0 amide bonds. The van der Waals surface area contributed by atoms with Gasteiger partial charge in [0.2, 0.25) is 0 Å². The monoisotopic (exact) mass is 468 g/mol. The normalized spacial score (nSPS) is 16.0. The Bertz CT molecular complexity index is 1130. The molecule has 2 aromatic carbocycles. The molecule has 0 unspecified atom stereocenters. The molecule has 1 aliphatic rings. The summed E-state index contributed by atoms with van der Waals surface area (Å²) in [5.41, 5.74) is 9.51. The molecular formula is C34H44O. The van der Waals surface area contributed by atoms with E-state index in [1.54, 1.807) is 0 Å². The Balaban J connectivity index is 1.99. The van der Waals surface area contributed by atoms with Crippen LogP contribution < -0.4 is 0 Å². The first-order chi connectivity index (χ1) is 16.7. The van der Waals surface area contributed by atoms with Crippen LogP contribution in [0.2, 0.25) is 0 Å². The lowest BCUT2D eigenvalue weighted by Crippen LogP contribution is -2.26. The molecule has 1 nitrogen and oxygen atoms in total. The fourth-order valence-electron chi connectivity index (χ4n) is 5.60. The molecule has 0 aliphatic heterocycles. The van der Waals surface area contributed by atoms with Gasteiger partial charge >= 0.3 is 0 Å². The van der Waals surface area contributed by atoms with Gasteiger partial charge in [-0.1, -0.05) is 106 Å². The minimum atomic E-state index is -0.620. The Morgan fingerprint density at radius 3 is 2.06 bits per heavy atom. The van der Waals surface area contributed by atoms with Crippen molar-refractivity contribution in [3.63, 3.8) is 0 Å². The van der Waals surface area contributed by atoms with Crippen molar-refractivity contribution in [2.75, 3.05) is 0 Å². The topological polar surface area (TPSA) is 20.2 Å². The smallest absolute Gasteiger partial charge is 0.0830 e. The van der Waals surface area contributed by atoms with E-state index in [-0.39, 0.29) is 5.41 Å². The van der Waals surface area contributed by atoms with Crippen LogP contribution in [-0.4, -0.2) is 10.7 Å². The summed E-state index contributed by atoms with van der Waals surface area (Å²) in [5, 5.41) is 10.7. The molecular weight excluding hydrogens is 424 g/mol. The SMILES string of the molecule is C=C/C(=C\C=C(C)C)c1ccc(C(CC)(CC)c2ccc(/C=C/C3(O)CCCC3)c(C)c2)cc1C. The van der Waals surface area contributed by atoms with Gasteiger partial charge in [0.1, 0.15) is 0 Å². The number of hydrogen-bond acceptors (Lipinski definition) is 1. The summed E-state index contributed by atoms with van der Waals surface area (Å²) < 4.78 is 0. The van der Waals surface area contributed by atoms with Crippen LogP contribution in [0.3, 0.4) is 0 Å². The Labute approximate surface area is 214 Å². The first-order valence-corrected chi connectivity index (χ1v) is 13.3. The quantitative estimate of drug-likeness (QED) is 0.364. The molecule has 0 aromatic heterocycles. The van der Waals surface area contributed by atoms with E-state index in [2.05, 4.69) is 103 Å². The van der Waals surface area contributed by atoms with Crippen LogP contribution in [-0.2, 0) is 5.41 Å². The van der Waals surface area contributed by atoms with Crippen LogP contribution in [0.25, 0.3) is 11.6 Å². The second-order valence-electron chi connectivity index (χ2n) is 10.6. The maximum absolute atomic E-state index is 10.7. The van der Waals surface area contributed by atoms with Crippen molar-refractivity contribution < 1.29 is 5.11 Å². The van der Waals surface area contributed by atoms with Crippen LogP contribution in [0.15, 0.2) is 72.9 Å². The third-order valence-corrected chi connectivity index (χ3v) is 7.98. The van der Waals surface area contributed by atoms with Gasteiger partial charge in [0.25, 0.3) is 0 Å². The maximum atomic E-state index is 10.7. The van der Waals surface area contributed by atoms with Gasteiger partial charge in [-0.15, -0.1) is 0 Å². The number of rotatable bonds is 9. The summed E-state index contributed by atoms with van der Waals surface area (Å²) in [7, 11) is 0. The number of hydrogen-bond donors (Lipinski definition) is 1. The summed E-state index contributed by atoms with van der Waals surface area (Å²) in [5.74, 6) is 0. The van der Waals surface area contributed by atoms with E-state index < -0.39 is 5.60 Å². The minimum Gasteiger partial charge on any atom is -0.386 e. The number of aryl methyl sites for hydroxylation is 2. The van der Waals surface area contributed by atoms with E-state index >= 15 is 0 Å². The van der Waals surface area contributed by atoms with Gasteiger partial charge in [-0.3, -0.25) is 0 Å². The second-order valence-corrected chi connectivity index (χ2v) is 10.6. The van der Waals surface area contributed by atoms with Gasteiger partial charge in [-0.05, 0) is 92.3 Å². The Morgan fingerprint density at radius 1 is 0.943 bits per heavy atom. The van der Waals surface area contributed by atoms with Crippen molar-refractivity contribution in [2.45, 2.75) is 91.1 Å². The lowest BCUT2D eigenvalue weighted by atomic mass is 9.69. The van der Waals surface area contributed by atoms with Gasteiger partial charge in [-0.25, -0.2) is 0 Å². The molecule has 0 radical (unpaired) electrons. The van der Waals surface area contributed by atoms with Crippen LogP contribution >= 0.6 is 0 Å². The van der Waals surface area contributed by atoms with Gasteiger partial charge in [0.05, 0.1) is 5.60 Å². The molecule has 1 saturated carbocycles. The standard InChI is InChI=1S/C34H44O/c1-8-28(14-13-25(4)5)32-18-17-31(24-27(32)7)34(9-2,10-3)30-16-15-29(26(6)23-30)19-22-33(35)20-11-12-21-33/h8,13-19,22-24,35H,1,9-12,20-21H2,2-7H3/b22-19+,28-14+. The lowest BCUT2D eigenvalue weighted by molar-refractivity contribution is 0.100. The fourth-order valence-corrected chi connectivity index (χ4v) is 5.60. The van der Waals surface area contributed by atoms with Crippen LogP contribution in [0.5, 0.6) is 0 Å². The Hall–Kier alpha value is -2.64. The van der Waals surface area contributed by atoms with Gasteiger partial charge < -0.3 is 5.11 Å². The van der Waals surface area contributed by atoms with E-state index in [1.165, 1.54) is 39.0 Å². The lowest BCUT2D eigenvalue weighted by Gasteiger charge is -2.34. The largest absolute Gasteiger partial charge is 0.386 e. The van der Waals surface area contributed by atoms with Gasteiger partial charge in [-0.2, -0.15) is 0 Å². The number of aliphatic hydroxyl groups is 1. The van der Waals surface area contributed by atoms with Gasteiger partial charge in [0, 0.05) is 5.41 Å². The molecule has 0 heterocycles. The molecule has 35 heavy (non-hydrogen) atoms. The summed E-state index contributed by atoms with van der Waals surface area (Å²) in [4.78, 5) is 0. The zero-order chi connectivity index (χ0) is 25.6.